The zero-order valence-electron chi connectivity index (χ0n) is 8.74. The van der Waals surface area contributed by atoms with E-state index >= 15 is 0 Å². The molecule has 1 aromatic carbocycles. The van der Waals surface area contributed by atoms with Gasteiger partial charge in [0.2, 0.25) is 0 Å². The number of halogens is 1. The summed E-state index contributed by atoms with van der Waals surface area (Å²) in [5.74, 6) is -2.24. The summed E-state index contributed by atoms with van der Waals surface area (Å²) in [5.41, 5.74) is -0.0836. The highest BCUT2D eigenvalue weighted by Gasteiger charge is 2.14. The fourth-order valence-corrected chi connectivity index (χ4v) is 1.26. The average Bonchev–Trinajstić information content (AvgIpc) is 2.16. The Morgan fingerprint density at radius 1 is 1.44 bits per heavy atom. The molecule has 0 aliphatic heterocycles. The normalized spacial score (nSPS) is 11.9. The Hall–Kier alpha value is -1.91. The monoisotopic (exact) mass is 225 g/mol. The number of hydrogen-bond donors (Lipinski definition) is 2. The van der Waals surface area contributed by atoms with Gasteiger partial charge in [0.15, 0.2) is 0 Å². The number of aliphatic carboxylic acids is 1. The van der Waals surface area contributed by atoms with E-state index in [-0.39, 0.29) is 12.0 Å². The van der Waals surface area contributed by atoms with Gasteiger partial charge >= 0.3 is 5.97 Å². The van der Waals surface area contributed by atoms with Gasteiger partial charge < -0.3 is 10.4 Å². The van der Waals surface area contributed by atoms with E-state index in [0.29, 0.717) is 0 Å². The second-order valence-electron chi connectivity index (χ2n) is 3.45. The molecule has 0 fully saturated rings. The van der Waals surface area contributed by atoms with Gasteiger partial charge in [-0.3, -0.25) is 9.59 Å². The summed E-state index contributed by atoms with van der Waals surface area (Å²) in [6.07, 6.45) is -0.194. The van der Waals surface area contributed by atoms with Gasteiger partial charge in [-0.2, -0.15) is 0 Å². The van der Waals surface area contributed by atoms with Gasteiger partial charge in [0.05, 0.1) is 12.0 Å². The third-order valence-corrected chi connectivity index (χ3v) is 1.98. The van der Waals surface area contributed by atoms with Crippen molar-refractivity contribution in [1.29, 1.82) is 0 Å². The Bertz CT molecular complexity index is 406. The van der Waals surface area contributed by atoms with E-state index < -0.39 is 23.7 Å². The summed E-state index contributed by atoms with van der Waals surface area (Å²) in [5, 5.41) is 10.9. The maximum absolute atomic E-state index is 13.2. The molecule has 1 unspecified atom stereocenters. The number of carboxylic acids is 1. The van der Waals surface area contributed by atoms with Crippen LogP contribution >= 0.6 is 0 Å². The van der Waals surface area contributed by atoms with Crippen molar-refractivity contribution in [2.45, 2.75) is 19.4 Å². The van der Waals surface area contributed by atoms with E-state index in [1.54, 1.807) is 13.0 Å². The van der Waals surface area contributed by atoms with Gasteiger partial charge in [-0.15, -0.1) is 0 Å². The van der Waals surface area contributed by atoms with Crippen LogP contribution in [0.2, 0.25) is 0 Å². The maximum atomic E-state index is 13.2. The molecule has 0 bridgehead atoms. The van der Waals surface area contributed by atoms with Crippen LogP contribution in [-0.4, -0.2) is 23.0 Å². The molecule has 0 aromatic heterocycles. The third-order valence-electron chi connectivity index (χ3n) is 1.98. The Labute approximate surface area is 92.1 Å². The van der Waals surface area contributed by atoms with Gasteiger partial charge in [0.1, 0.15) is 5.82 Å². The predicted octanol–water partition coefficient (Wildman–Crippen LogP) is 1.42. The lowest BCUT2D eigenvalue weighted by Crippen LogP contribution is -2.34. The minimum Gasteiger partial charge on any atom is -0.481 e. The molecule has 1 rings (SSSR count). The molecule has 0 aliphatic rings. The van der Waals surface area contributed by atoms with Crippen molar-refractivity contribution in [1.82, 2.24) is 5.32 Å². The Balaban J connectivity index is 2.66. The zero-order chi connectivity index (χ0) is 12.1. The summed E-state index contributed by atoms with van der Waals surface area (Å²) >= 11 is 0. The number of amides is 1. The van der Waals surface area contributed by atoms with E-state index in [1.165, 1.54) is 18.2 Å². The van der Waals surface area contributed by atoms with Crippen molar-refractivity contribution in [2.24, 2.45) is 0 Å². The van der Waals surface area contributed by atoms with Crippen LogP contribution in [0.3, 0.4) is 0 Å². The molecule has 1 atom stereocenters. The summed E-state index contributed by atoms with van der Waals surface area (Å²) in [4.78, 5) is 21.9. The first-order valence-electron chi connectivity index (χ1n) is 4.78. The van der Waals surface area contributed by atoms with Crippen LogP contribution in [0.4, 0.5) is 4.39 Å². The van der Waals surface area contributed by atoms with E-state index in [2.05, 4.69) is 5.32 Å². The van der Waals surface area contributed by atoms with Gasteiger partial charge in [-0.05, 0) is 19.1 Å². The first-order chi connectivity index (χ1) is 7.50. The van der Waals surface area contributed by atoms with Crippen LogP contribution in [0.15, 0.2) is 24.3 Å². The van der Waals surface area contributed by atoms with E-state index in [0.717, 1.165) is 0 Å². The van der Waals surface area contributed by atoms with Crippen molar-refractivity contribution in [3.8, 4) is 0 Å². The molecule has 4 nitrogen and oxygen atoms in total. The van der Waals surface area contributed by atoms with Crippen LogP contribution in [0.5, 0.6) is 0 Å². The van der Waals surface area contributed by atoms with Crippen molar-refractivity contribution in [2.75, 3.05) is 0 Å². The van der Waals surface area contributed by atoms with E-state index in [1.807, 2.05) is 0 Å². The molecule has 86 valence electrons. The summed E-state index contributed by atoms with van der Waals surface area (Å²) in [6, 6.07) is 5.01. The minimum absolute atomic E-state index is 0.0836. The number of rotatable bonds is 4. The standard InChI is InChI=1S/C11H12FNO3/c1-7(6-10(14)15)13-11(16)8-4-2-3-5-9(8)12/h2-5,7H,6H2,1H3,(H,13,16)(H,14,15). The van der Waals surface area contributed by atoms with Crippen LogP contribution in [0.25, 0.3) is 0 Å². The maximum Gasteiger partial charge on any atom is 0.305 e. The number of carbonyl (C=O) groups is 2. The van der Waals surface area contributed by atoms with Gasteiger partial charge in [0.25, 0.3) is 5.91 Å². The first-order valence-corrected chi connectivity index (χ1v) is 4.78. The Kier molecular flexibility index (Phi) is 3.99. The molecule has 0 saturated carbocycles. The highest BCUT2D eigenvalue weighted by Crippen LogP contribution is 2.06. The fourth-order valence-electron chi connectivity index (χ4n) is 1.26. The number of carboxylic acid groups (broad SMARTS) is 1. The van der Waals surface area contributed by atoms with Crippen molar-refractivity contribution < 1.29 is 19.1 Å². The lowest BCUT2D eigenvalue weighted by atomic mass is 10.1. The smallest absolute Gasteiger partial charge is 0.305 e. The molecular formula is C11H12FNO3. The first kappa shape index (κ1) is 12.2. The fraction of sp³-hybridized carbons (Fsp3) is 0.273. The van der Waals surface area contributed by atoms with Gasteiger partial charge in [0, 0.05) is 6.04 Å². The number of benzene rings is 1. The average molecular weight is 225 g/mol. The quantitative estimate of drug-likeness (QED) is 0.814. The Morgan fingerprint density at radius 2 is 2.06 bits per heavy atom. The SMILES string of the molecule is CC(CC(=O)O)NC(=O)c1ccccc1F. The van der Waals surface area contributed by atoms with Gasteiger partial charge in [-0.1, -0.05) is 12.1 Å². The molecule has 2 N–H and O–H groups in total. The molecule has 0 radical (unpaired) electrons. The molecule has 1 aromatic rings. The number of carbonyl (C=O) groups excluding carboxylic acids is 1. The minimum atomic E-state index is -1.01. The highest BCUT2D eigenvalue weighted by molar-refractivity contribution is 5.94. The lowest BCUT2D eigenvalue weighted by Gasteiger charge is -2.11. The molecule has 1 amide bonds. The van der Waals surface area contributed by atoms with Crippen molar-refractivity contribution >= 4 is 11.9 Å². The lowest BCUT2D eigenvalue weighted by molar-refractivity contribution is -0.137. The zero-order valence-corrected chi connectivity index (χ0v) is 8.74. The predicted molar refractivity (Wildman–Crippen MR) is 55.6 cm³/mol. The highest BCUT2D eigenvalue weighted by atomic mass is 19.1. The van der Waals surface area contributed by atoms with Crippen LogP contribution in [-0.2, 0) is 4.79 Å². The second-order valence-corrected chi connectivity index (χ2v) is 3.45. The molecule has 0 heterocycles. The number of nitrogens with one attached hydrogen (secondary N) is 1. The largest absolute Gasteiger partial charge is 0.481 e. The van der Waals surface area contributed by atoms with E-state index in [9.17, 15) is 14.0 Å². The van der Waals surface area contributed by atoms with E-state index in [4.69, 9.17) is 5.11 Å². The topological polar surface area (TPSA) is 66.4 Å². The van der Waals surface area contributed by atoms with Crippen molar-refractivity contribution in [3.63, 3.8) is 0 Å². The number of hydrogen-bond acceptors (Lipinski definition) is 2. The summed E-state index contributed by atoms with van der Waals surface area (Å²) in [7, 11) is 0. The second kappa shape index (κ2) is 5.25. The molecule has 5 heteroatoms. The molecule has 0 saturated heterocycles. The molecular weight excluding hydrogens is 213 g/mol. The summed E-state index contributed by atoms with van der Waals surface area (Å²) in [6.45, 7) is 1.55. The van der Waals surface area contributed by atoms with Gasteiger partial charge in [-0.25, -0.2) is 4.39 Å². The van der Waals surface area contributed by atoms with Crippen molar-refractivity contribution in [3.05, 3.63) is 35.6 Å². The Morgan fingerprint density at radius 3 is 2.62 bits per heavy atom. The molecule has 0 aliphatic carbocycles. The van der Waals surface area contributed by atoms with Crippen LogP contribution in [0, 0.1) is 5.82 Å². The molecule has 0 spiro atoms. The third kappa shape index (κ3) is 3.34. The van der Waals surface area contributed by atoms with Crippen LogP contribution in [0.1, 0.15) is 23.7 Å². The molecule has 16 heavy (non-hydrogen) atoms. The van der Waals surface area contributed by atoms with Crippen LogP contribution < -0.4 is 5.32 Å². The summed E-state index contributed by atoms with van der Waals surface area (Å²) < 4.78 is 13.2.